The molecule has 3 aliphatic heterocycles. The highest BCUT2D eigenvalue weighted by Crippen LogP contribution is 2.34. The van der Waals surface area contributed by atoms with Crippen LogP contribution in [-0.2, 0) is 9.59 Å². The van der Waals surface area contributed by atoms with Gasteiger partial charge in [-0.2, -0.15) is 0 Å². The lowest BCUT2D eigenvalue weighted by Gasteiger charge is -2.37. The zero-order valence-electron chi connectivity index (χ0n) is 15.8. The first kappa shape index (κ1) is 19.1. The molecule has 0 bridgehead atoms. The van der Waals surface area contributed by atoms with Crippen molar-refractivity contribution in [1.29, 1.82) is 0 Å². The fourth-order valence-corrected chi connectivity index (χ4v) is 4.76. The molecule has 8 heteroatoms. The molecular formula is C20H25N3O4S. The quantitative estimate of drug-likeness (QED) is 0.772. The van der Waals surface area contributed by atoms with Gasteiger partial charge in [0.15, 0.2) is 6.10 Å². The number of carbonyl (C=O) groups excluding carboxylic acids is 3. The summed E-state index contributed by atoms with van der Waals surface area (Å²) in [5.74, 6) is 1.21. The Bertz CT molecular complexity index is 766. The second kappa shape index (κ2) is 8.43. The first-order valence-electron chi connectivity index (χ1n) is 9.90. The summed E-state index contributed by atoms with van der Waals surface area (Å²) < 4.78 is 5.97. The Kier molecular flexibility index (Phi) is 5.75. The van der Waals surface area contributed by atoms with Gasteiger partial charge in [0.05, 0.1) is 12.2 Å². The molecule has 7 nitrogen and oxygen atoms in total. The van der Waals surface area contributed by atoms with Crippen LogP contribution in [0.2, 0.25) is 0 Å². The summed E-state index contributed by atoms with van der Waals surface area (Å²) in [6, 6.07) is 7.34. The van der Waals surface area contributed by atoms with Crippen LogP contribution in [0.25, 0.3) is 0 Å². The molecule has 2 saturated heterocycles. The molecule has 1 aromatic carbocycles. The molecular weight excluding hydrogens is 378 g/mol. The van der Waals surface area contributed by atoms with E-state index in [0.717, 1.165) is 38.1 Å². The zero-order valence-corrected chi connectivity index (χ0v) is 16.7. The highest BCUT2D eigenvalue weighted by molar-refractivity contribution is 8.13. The van der Waals surface area contributed by atoms with Crippen LogP contribution in [0.4, 0.5) is 10.5 Å². The normalized spacial score (nSPS) is 22.1. The van der Waals surface area contributed by atoms with Crippen molar-refractivity contribution in [3.8, 4) is 5.75 Å². The van der Waals surface area contributed by atoms with Crippen LogP contribution in [0.5, 0.6) is 5.75 Å². The third-order valence-electron chi connectivity index (χ3n) is 5.46. The third-order valence-corrected chi connectivity index (χ3v) is 6.35. The summed E-state index contributed by atoms with van der Waals surface area (Å²) >= 11 is 1.29. The second-order valence-corrected chi connectivity index (χ2v) is 8.36. The predicted octanol–water partition coefficient (Wildman–Crippen LogP) is 2.35. The topological polar surface area (TPSA) is 70.2 Å². The number of hydrogen-bond acceptors (Lipinski definition) is 5. The number of likely N-dealkylation sites (tertiary alicyclic amines) is 1. The molecule has 0 N–H and O–H groups in total. The Labute approximate surface area is 169 Å². The summed E-state index contributed by atoms with van der Waals surface area (Å²) in [5, 5.41) is 0.0355. The smallest absolute Gasteiger partial charge is 0.281 e. The number of rotatable bonds is 4. The fraction of sp³-hybridized carbons (Fsp3) is 0.550. The molecule has 1 aromatic rings. The summed E-state index contributed by atoms with van der Waals surface area (Å²) in [4.78, 5) is 42.9. The van der Waals surface area contributed by atoms with Gasteiger partial charge in [0.1, 0.15) is 5.75 Å². The molecule has 0 unspecified atom stereocenters. The van der Waals surface area contributed by atoms with Crippen LogP contribution >= 0.6 is 11.8 Å². The average molecular weight is 404 g/mol. The number of anilines is 1. The maximum atomic E-state index is 13.0. The van der Waals surface area contributed by atoms with E-state index in [0.29, 0.717) is 24.5 Å². The van der Waals surface area contributed by atoms with Crippen LogP contribution in [0, 0.1) is 0 Å². The number of amides is 3. The Morgan fingerprint density at radius 2 is 1.89 bits per heavy atom. The highest BCUT2D eigenvalue weighted by atomic mass is 32.2. The lowest BCUT2D eigenvalue weighted by Crippen LogP contribution is -2.53. The van der Waals surface area contributed by atoms with E-state index in [-0.39, 0.29) is 30.0 Å². The summed E-state index contributed by atoms with van der Waals surface area (Å²) in [6.45, 7) is 2.82. The van der Waals surface area contributed by atoms with Crippen molar-refractivity contribution in [2.45, 2.75) is 31.8 Å². The van der Waals surface area contributed by atoms with E-state index in [1.165, 1.54) is 11.8 Å². The minimum Gasteiger partial charge on any atom is -0.476 e. The fourth-order valence-electron chi connectivity index (χ4n) is 3.91. The Morgan fingerprint density at radius 3 is 2.64 bits per heavy atom. The molecule has 4 rings (SSSR count). The van der Waals surface area contributed by atoms with Crippen LogP contribution < -0.4 is 9.64 Å². The highest BCUT2D eigenvalue weighted by Gasteiger charge is 2.36. The van der Waals surface area contributed by atoms with Gasteiger partial charge in [-0.3, -0.25) is 14.4 Å². The maximum Gasteiger partial charge on any atom is 0.281 e. The molecule has 2 fully saturated rings. The van der Waals surface area contributed by atoms with Crippen LogP contribution in [0.1, 0.15) is 25.7 Å². The monoisotopic (exact) mass is 403 g/mol. The molecule has 1 atom stereocenters. The molecule has 0 spiro atoms. The van der Waals surface area contributed by atoms with Gasteiger partial charge in [0.2, 0.25) is 5.91 Å². The summed E-state index contributed by atoms with van der Waals surface area (Å²) in [5.41, 5.74) is 0.692. The molecule has 3 aliphatic rings. The van der Waals surface area contributed by atoms with Gasteiger partial charge in [-0.25, -0.2) is 0 Å². The molecule has 28 heavy (non-hydrogen) atoms. The summed E-state index contributed by atoms with van der Waals surface area (Å²) in [7, 11) is 0. The minimum absolute atomic E-state index is 0.0355. The standard InChI is InChI=1S/C20H25N3O4S/c24-18(8-11-22-12-13-28-20(22)26)23-14-17(19(25)21-9-4-1-5-10-21)27-16-7-3-2-6-15(16)23/h2-3,6-7,17H,1,4-5,8-14H2/t17-/m1/s1. The Hall–Kier alpha value is -2.22. The number of fused-ring (bicyclic) bond motifs is 1. The first-order chi connectivity index (χ1) is 13.6. The van der Waals surface area contributed by atoms with Crippen LogP contribution in [0.15, 0.2) is 24.3 Å². The predicted molar refractivity (Wildman–Crippen MR) is 108 cm³/mol. The molecule has 0 aromatic heterocycles. The lowest BCUT2D eigenvalue weighted by atomic mass is 10.1. The van der Waals surface area contributed by atoms with Crippen molar-refractivity contribution in [3.63, 3.8) is 0 Å². The Balaban J connectivity index is 1.47. The molecule has 0 saturated carbocycles. The number of carbonyl (C=O) groups is 3. The van der Waals surface area contributed by atoms with Gasteiger partial charge >= 0.3 is 0 Å². The van der Waals surface area contributed by atoms with E-state index >= 15 is 0 Å². The number of ether oxygens (including phenoxy) is 1. The van der Waals surface area contributed by atoms with Gasteiger partial charge in [-0.05, 0) is 31.4 Å². The van der Waals surface area contributed by atoms with Crippen molar-refractivity contribution in [2.75, 3.05) is 43.4 Å². The van der Waals surface area contributed by atoms with Crippen LogP contribution in [0.3, 0.4) is 0 Å². The van der Waals surface area contributed by atoms with Crippen LogP contribution in [-0.4, -0.2) is 71.4 Å². The van der Waals surface area contributed by atoms with Crippen molar-refractivity contribution >= 4 is 34.5 Å². The second-order valence-electron chi connectivity index (χ2n) is 7.32. The number of para-hydroxylation sites is 2. The van der Waals surface area contributed by atoms with Crippen molar-refractivity contribution in [1.82, 2.24) is 9.80 Å². The lowest BCUT2D eigenvalue weighted by molar-refractivity contribution is -0.139. The van der Waals surface area contributed by atoms with Gasteiger partial charge < -0.3 is 19.4 Å². The number of benzene rings is 1. The average Bonchev–Trinajstić information content (AvgIpc) is 3.16. The zero-order chi connectivity index (χ0) is 19.5. The molecule has 3 heterocycles. The van der Waals surface area contributed by atoms with Gasteiger partial charge in [-0.15, -0.1) is 0 Å². The number of nitrogens with zero attached hydrogens (tertiary/aromatic N) is 3. The van der Waals surface area contributed by atoms with Gasteiger partial charge in [0.25, 0.3) is 11.1 Å². The summed E-state index contributed by atoms with van der Waals surface area (Å²) in [6.07, 6.45) is 2.74. The van der Waals surface area contributed by atoms with E-state index < -0.39 is 6.10 Å². The first-order valence-corrected chi connectivity index (χ1v) is 10.9. The number of thioether (sulfide) groups is 1. The van der Waals surface area contributed by atoms with E-state index in [1.54, 1.807) is 15.9 Å². The number of hydrogen-bond donors (Lipinski definition) is 0. The van der Waals surface area contributed by atoms with E-state index in [1.807, 2.05) is 23.1 Å². The maximum absolute atomic E-state index is 13.0. The third kappa shape index (κ3) is 3.97. The van der Waals surface area contributed by atoms with Crippen molar-refractivity contribution < 1.29 is 19.1 Å². The molecule has 3 amide bonds. The van der Waals surface area contributed by atoms with E-state index in [9.17, 15) is 14.4 Å². The van der Waals surface area contributed by atoms with E-state index in [2.05, 4.69) is 0 Å². The van der Waals surface area contributed by atoms with Gasteiger partial charge in [-0.1, -0.05) is 23.9 Å². The molecule has 150 valence electrons. The largest absolute Gasteiger partial charge is 0.476 e. The van der Waals surface area contributed by atoms with Crippen molar-refractivity contribution in [3.05, 3.63) is 24.3 Å². The molecule has 0 aliphatic carbocycles. The van der Waals surface area contributed by atoms with Crippen molar-refractivity contribution in [2.24, 2.45) is 0 Å². The molecule has 0 radical (unpaired) electrons. The van der Waals surface area contributed by atoms with E-state index in [4.69, 9.17) is 4.74 Å². The number of piperidine rings is 1. The SMILES string of the molecule is O=C1SCCN1CCC(=O)N1C[C@H](C(=O)N2CCCCC2)Oc2ccccc21. The Morgan fingerprint density at radius 1 is 1.11 bits per heavy atom. The minimum atomic E-state index is -0.680. The van der Waals surface area contributed by atoms with Gasteiger partial charge in [0, 0.05) is 38.4 Å².